The Morgan fingerprint density at radius 1 is 1.32 bits per heavy atom. The molecule has 1 aliphatic carbocycles. The highest BCUT2D eigenvalue weighted by atomic mass is 16.4. The summed E-state index contributed by atoms with van der Waals surface area (Å²) in [6.45, 7) is 4.34. The number of carbonyl (C=O) groups is 2. The van der Waals surface area contributed by atoms with Crippen LogP contribution in [-0.4, -0.2) is 23.0 Å². The molecule has 1 amide bonds. The van der Waals surface area contributed by atoms with E-state index in [4.69, 9.17) is 0 Å². The van der Waals surface area contributed by atoms with Crippen LogP contribution in [0.25, 0.3) is 0 Å². The lowest BCUT2D eigenvalue weighted by Crippen LogP contribution is -2.46. The van der Waals surface area contributed by atoms with Crippen molar-refractivity contribution < 1.29 is 14.7 Å². The molecule has 0 aliphatic heterocycles. The molecule has 2 rings (SSSR count). The number of carboxylic acid groups (broad SMARTS) is 1. The number of benzene rings is 1. The Kier molecular flexibility index (Phi) is 5.22. The summed E-state index contributed by atoms with van der Waals surface area (Å²) in [5.41, 5.74) is 1.08. The average Bonchev–Trinajstić information content (AvgIpc) is 2.46. The van der Waals surface area contributed by atoms with E-state index in [1.807, 2.05) is 30.3 Å². The summed E-state index contributed by atoms with van der Waals surface area (Å²) in [6, 6.07) is 8.54. The van der Waals surface area contributed by atoms with Gasteiger partial charge in [0.25, 0.3) is 0 Å². The Hall–Kier alpha value is -1.84. The van der Waals surface area contributed by atoms with Gasteiger partial charge in [0.05, 0.1) is 0 Å². The van der Waals surface area contributed by atoms with Gasteiger partial charge in [-0.15, -0.1) is 0 Å². The monoisotopic (exact) mass is 303 g/mol. The SMILES string of the molecule is CC1(C)CCCC(C(=O)NC(Cc2ccccc2)C(=O)O)C1. The highest BCUT2D eigenvalue weighted by Gasteiger charge is 2.33. The van der Waals surface area contributed by atoms with E-state index in [0.717, 1.165) is 31.2 Å². The van der Waals surface area contributed by atoms with Crippen molar-refractivity contribution in [3.05, 3.63) is 35.9 Å². The van der Waals surface area contributed by atoms with Gasteiger partial charge in [-0.05, 0) is 30.2 Å². The zero-order chi connectivity index (χ0) is 16.2. The number of amides is 1. The van der Waals surface area contributed by atoms with Crippen molar-refractivity contribution in [1.29, 1.82) is 0 Å². The van der Waals surface area contributed by atoms with Gasteiger partial charge in [0.2, 0.25) is 5.91 Å². The predicted molar refractivity (Wildman–Crippen MR) is 85.5 cm³/mol. The Balaban J connectivity index is 1.98. The number of carbonyl (C=O) groups excluding carboxylic acids is 1. The minimum Gasteiger partial charge on any atom is -0.480 e. The second-order valence-electron chi connectivity index (χ2n) is 7.05. The highest BCUT2D eigenvalue weighted by Crippen LogP contribution is 2.38. The van der Waals surface area contributed by atoms with E-state index < -0.39 is 12.0 Å². The van der Waals surface area contributed by atoms with Crippen LogP contribution in [0.4, 0.5) is 0 Å². The molecule has 0 heterocycles. The maximum atomic E-state index is 12.4. The molecule has 0 radical (unpaired) electrons. The summed E-state index contributed by atoms with van der Waals surface area (Å²) in [7, 11) is 0. The van der Waals surface area contributed by atoms with Gasteiger partial charge in [-0.25, -0.2) is 4.79 Å². The molecule has 1 aromatic carbocycles. The van der Waals surface area contributed by atoms with Crippen molar-refractivity contribution in [3.8, 4) is 0 Å². The van der Waals surface area contributed by atoms with Crippen LogP contribution in [0.3, 0.4) is 0 Å². The molecule has 22 heavy (non-hydrogen) atoms. The third kappa shape index (κ3) is 4.58. The molecule has 2 atom stereocenters. The zero-order valence-corrected chi connectivity index (χ0v) is 13.3. The lowest BCUT2D eigenvalue weighted by atomic mass is 9.72. The van der Waals surface area contributed by atoms with E-state index in [2.05, 4.69) is 19.2 Å². The third-order valence-corrected chi connectivity index (χ3v) is 4.47. The molecule has 1 aliphatic rings. The molecule has 120 valence electrons. The molecule has 2 N–H and O–H groups in total. The fourth-order valence-corrected chi connectivity index (χ4v) is 3.26. The average molecular weight is 303 g/mol. The molecule has 2 unspecified atom stereocenters. The first-order chi connectivity index (χ1) is 10.4. The van der Waals surface area contributed by atoms with Gasteiger partial charge < -0.3 is 10.4 Å². The van der Waals surface area contributed by atoms with Crippen molar-refractivity contribution in [1.82, 2.24) is 5.32 Å². The quantitative estimate of drug-likeness (QED) is 0.878. The van der Waals surface area contributed by atoms with Gasteiger partial charge in [0.15, 0.2) is 0 Å². The van der Waals surface area contributed by atoms with Crippen molar-refractivity contribution in [2.24, 2.45) is 11.3 Å². The van der Waals surface area contributed by atoms with E-state index in [9.17, 15) is 14.7 Å². The molecule has 0 spiro atoms. The van der Waals surface area contributed by atoms with Crippen molar-refractivity contribution >= 4 is 11.9 Å². The normalized spacial score (nSPS) is 21.8. The van der Waals surface area contributed by atoms with Crippen LogP contribution >= 0.6 is 0 Å². The lowest BCUT2D eigenvalue weighted by molar-refractivity contribution is -0.142. The van der Waals surface area contributed by atoms with Crippen molar-refractivity contribution in [3.63, 3.8) is 0 Å². The van der Waals surface area contributed by atoms with Crippen LogP contribution in [0.15, 0.2) is 30.3 Å². The van der Waals surface area contributed by atoms with Crippen LogP contribution in [-0.2, 0) is 16.0 Å². The van der Waals surface area contributed by atoms with Crippen LogP contribution in [0, 0.1) is 11.3 Å². The first-order valence-electron chi connectivity index (χ1n) is 7.94. The highest BCUT2D eigenvalue weighted by molar-refractivity contribution is 5.85. The molecule has 0 bridgehead atoms. The minimum absolute atomic E-state index is 0.0682. The molecular weight excluding hydrogens is 278 g/mol. The minimum atomic E-state index is -0.979. The molecule has 4 heteroatoms. The molecular formula is C18H25NO3. The summed E-state index contributed by atoms with van der Waals surface area (Å²) < 4.78 is 0. The first-order valence-corrected chi connectivity index (χ1v) is 7.94. The van der Waals surface area contributed by atoms with Crippen molar-refractivity contribution in [2.75, 3.05) is 0 Å². The summed E-state index contributed by atoms with van der Waals surface area (Å²) in [4.78, 5) is 23.9. The number of nitrogens with one attached hydrogen (secondary N) is 1. The second kappa shape index (κ2) is 6.95. The Bertz CT molecular complexity index is 524. The molecule has 1 saturated carbocycles. The lowest BCUT2D eigenvalue weighted by Gasteiger charge is -2.34. The van der Waals surface area contributed by atoms with E-state index in [1.54, 1.807) is 0 Å². The van der Waals surface area contributed by atoms with Crippen LogP contribution in [0.2, 0.25) is 0 Å². The van der Waals surface area contributed by atoms with Crippen LogP contribution in [0.1, 0.15) is 45.1 Å². The molecule has 1 aromatic rings. The first kappa shape index (κ1) is 16.5. The molecule has 0 saturated heterocycles. The fourth-order valence-electron chi connectivity index (χ4n) is 3.26. The van der Waals surface area contributed by atoms with Gasteiger partial charge in [0, 0.05) is 12.3 Å². The van der Waals surface area contributed by atoms with E-state index in [-0.39, 0.29) is 17.2 Å². The zero-order valence-electron chi connectivity index (χ0n) is 13.3. The fraction of sp³-hybridized carbons (Fsp3) is 0.556. The van der Waals surface area contributed by atoms with Gasteiger partial charge in [-0.1, -0.05) is 50.6 Å². The van der Waals surface area contributed by atoms with E-state index in [0.29, 0.717) is 6.42 Å². The van der Waals surface area contributed by atoms with Gasteiger partial charge in [-0.3, -0.25) is 4.79 Å². The number of aliphatic carboxylic acids is 1. The summed E-state index contributed by atoms with van der Waals surface area (Å²) in [6.07, 6.45) is 4.16. The van der Waals surface area contributed by atoms with E-state index >= 15 is 0 Å². The molecule has 1 fully saturated rings. The van der Waals surface area contributed by atoms with Gasteiger partial charge >= 0.3 is 5.97 Å². The number of carboxylic acids is 1. The van der Waals surface area contributed by atoms with Crippen LogP contribution < -0.4 is 5.32 Å². The molecule has 0 aromatic heterocycles. The van der Waals surface area contributed by atoms with E-state index in [1.165, 1.54) is 0 Å². The van der Waals surface area contributed by atoms with Crippen LogP contribution in [0.5, 0.6) is 0 Å². The largest absolute Gasteiger partial charge is 0.480 e. The maximum absolute atomic E-state index is 12.4. The summed E-state index contributed by atoms with van der Waals surface area (Å²) in [5, 5.41) is 12.1. The third-order valence-electron chi connectivity index (χ3n) is 4.47. The standard InChI is InChI=1S/C18H25NO3/c1-18(2)10-6-9-14(12-18)16(20)19-15(17(21)22)11-13-7-4-3-5-8-13/h3-5,7-8,14-15H,6,9-12H2,1-2H3,(H,19,20)(H,21,22). The number of rotatable bonds is 5. The summed E-state index contributed by atoms with van der Waals surface area (Å²) in [5.74, 6) is -1.16. The second-order valence-corrected chi connectivity index (χ2v) is 7.05. The predicted octanol–water partition coefficient (Wildman–Crippen LogP) is 3.01. The van der Waals surface area contributed by atoms with Gasteiger partial charge in [0.1, 0.15) is 6.04 Å². The van der Waals surface area contributed by atoms with Gasteiger partial charge in [-0.2, -0.15) is 0 Å². The number of hydrogen-bond donors (Lipinski definition) is 2. The smallest absolute Gasteiger partial charge is 0.326 e. The van der Waals surface area contributed by atoms with Crippen molar-refractivity contribution in [2.45, 2.75) is 52.0 Å². The Morgan fingerprint density at radius 3 is 2.59 bits per heavy atom. The topological polar surface area (TPSA) is 66.4 Å². The number of hydrogen-bond acceptors (Lipinski definition) is 2. The Labute approximate surface area is 131 Å². The molecule has 4 nitrogen and oxygen atoms in total. The maximum Gasteiger partial charge on any atom is 0.326 e. The summed E-state index contributed by atoms with van der Waals surface area (Å²) >= 11 is 0. The Morgan fingerprint density at radius 2 is 2.00 bits per heavy atom.